The van der Waals surface area contributed by atoms with Gasteiger partial charge >= 0.3 is 0 Å². The second kappa shape index (κ2) is 6.96. The molecule has 0 heterocycles. The van der Waals surface area contributed by atoms with Crippen molar-refractivity contribution < 1.29 is 21.6 Å². The van der Waals surface area contributed by atoms with Gasteiger partial charge in [-0.25, -0.2) is 3.63 Å². The number of hydrogen-bond donors (Lipinski definition) is 0. The van der Waals surface area contributed by atoms with Crippen LogP contribution in [0.15, 0.2) is 24.3 Å². The fourth-order valence-corrected chi connectivity index (χ4v) is 10.0. The van der Waals surface area contributed by atoms with E-state index in [1.165, 1.54) is 6.92 Å². The smallest absolute Gasteiger partial charge is 0.277 e. The Morgan fingerprint density at radius 3 is 2.39 bits per heavy atom. The highest BCUT2D eigenvalue weighted by Crippen LogP contribution is 2.64. The minimum atomic E-state index is -3.89. The van der Waals surface area contributed by atoms with Gasteiger partial charge in [0.25, 0.3) is 10.1 Å². The van der Waals surface area contributed by atoms with Crippen LogP contribution in [0.5, 0.6) is 0 Å². The van der Waals surface area contributed by atoms with Gasteiger partial charge in [-0.1, -0.05) is 38.1 Å². The van der Waals surface area contributed by atoms with Crippen LogP contribution in [0.2, 0.25) is 0 Å². The number of ketones is 2. The molecule has 2 bridgehead atoms. The highest BCUT2D eigenvalue weighted by molar-refractivity contribution is 8.31. The molecule has 2 unspecified atom stereocenters. The van der Waals surface area contributed by atoms with Crippen LogP contribution in [0.25, 0.3) is 0 Å². The van der Waals surface area contributed by atoms with Gasteiger partial charge in [-0.2, -0.15) is 8.42 Å². The number of rotatable bonds is 7. The summed E-state index contributed by atoms with van der Waals surface area (Å²) in [5, 5.41) is 0. The van der Waals surface area contributed by atoms with Crippen molar-refractivity contribution in [1.82, 2.24) is 0 Å². The number of Topliss-reactive ketones (excluding diaryl/α,β-unsaturated/α-hetero) is 2. The molecule has 0 radical (unpaired) electrons. The zero-order valence-corrected chi connectivity index (χ0v) is 18.9. The number of benzene rings is 1. The summed E-state index contributed by atoms with van der Waals surface area (Å²) >= 11 is 0. The van der Waals surface area contributed by atoms with Gasteiger partial charge < -0.3 is 0 Å². The van der Waals surface area contributed by atoms with Crippen molar-refractivity contribution in [3.63, 3.8) is 0 Å². The Bertz CT molecular complexity index is 916. The minimum Gasteiger partial charge on any atom is -0.299 e. The van der Waals surface area contributed by atoms with Gasteiger partial charge in [0.1, 0.15) is 5.78 Å². The summed E-state index contributed by atoms with van der Waals surface area (Å²) in [4.78, 5) is 24.5. The van der Waals surface area contributed by atoms with Gasteiger partial charge in [0.15, 0.2) is 5.78 Å². The topological polar surface area (TPSA) is 77.5 Å². The van der Waals surface area contributed by atoms with E-state index in [9.17, 15) is 18.0 Å². The summed E-state index contributed by atoms with van der Waals surface area (Å²) < 4.78 is 31.7. The molecule has 0 aromatic heterocycles. The number of carbonyl (C=O) groups is 2. The molecule has 0 N–H and O–H groups in total. The molecule has 2 aliphatic rings. The molecule has 156 valence electrons. The third kappa shape index (κ3) is 3.68. The Morgan fingerprint density at radius 2 is 1.86 bits per heavy atom. The molecule has 1 aromatic carbocycles. The van der Waals surface area contributed by atoms with Gasteiger partial charge in [-0.3, -0.25) is 9.59 Å². The Labute approximate surface area is 169 Å². The fourth-order valence-electron chi connectivity index (χ4n) is 5.10. The molecule has 0 spiro atoms. The van der Waals surface area contributed by atoms with Crippen molar-refractivity contribution in [1.29, 1.82) is 0 Å². The first-order valence-electron chi connectivity index (χ1n) is 9.57. The van der Waals surface area contributed by atoms with E-state index in [0.29, 0.717) is 24.2 Å². The first-order chi connectivity index (χ1) is 12.8. The Morgan fingerprint density at radius 1 is 1.21 bits per heavy atom. The van der Waals surface area contributed by atoms with Crippen molar-refractivity contribution in [2.75, 3.05) is 18.3 Å². The first kappa shape index (κ1) is 21.5. The van der Waals surface area contributed by atoms with E-state index in [0.717, 1.165) is 12.0 Å². The van der Waals surface area contributed by atoms with Crippen LogP contribution in [0, 0.1) is 16.7 Å². The van der Waals surface area contributed by atoms with Crippen LogP contribution in [0.4, 0.5) is 0 Å². The fraction of sp³-hybridized carbons (Fsp3) is 0.619. The van der Waals surface area contributed by atoms with E-state index >= 15 is 0 Å². The third-order valence-electron chi connectivity index (χ3n) is 6.75. The first-order valence-corrected chi connectivity index (χ1v) is 13.7. The monoisotopic (exact) mass is 426 g/mol. The lowest BCUT2D eigenvalue weighted by atomic mass is 9.70. The SMILES string of the molecule is CC(=O)c1ccccc1CS(C)(C)OS(=O)(=O)CC12CCC(CC1=O)C2(C)C. The van der Waals surface area contributed by atoms with Crippen molar-refractivity contribution in [3.05, 3.63) is 35.4 Å². The lowest BCUT2D eigenvalue weighted by Crippen LogP contribution is -2.42. The lowest BCUT2D eigenvalue weighted by Gasteiger charge is -2.38. The summed E-state index contributed by atoms with van der Waals surface area (Å²) in [5.74, 6) is 0.402. The summed E-state index contributed by atoms with van der Waals surface area (Å²) in [7, 11) is -5.91. The highest BCUT2D eigenvalue weighted by Gasteiger charge is 2.65. The summed E-state index contributed by atoms with van der Waals surface area (Å²) in [5.41, 5.74) is 0.236. The van der Waals surface area contributed by atoms with E-state index < -0.39 is 25.8 Å². The van der Waals surface area contributed by atoms with E-state index in [4.69, 9.17) is 3.63 Å². The van der Waals surface area contributed by atoms with E-state index in [1.54, 1.807) is 24.6 Å². The molecule has 0 aliphatic heterocycles. The molecule has 2 aliphatic carbocycles. The molecule has 7 heteroatoms. The van der Waals surface area contributed by atoms with Gasteiger partial charge in [0, 0.05) is 17.7 Å². The zero-order chi connectivity index (χ0) is 21.0. The molecule has 0 saturated heterocycles. The Kier molecular flexibility index (Phi) is 5.35. The zero-order valence-electron chi connectivity index (χ0n) is 17.3. The molecule has 2 saturated carbocycles. The van der Waals surface area contributed by atoms with Crippen LogP contribution in [-0.4, -0.2) is 38.2 Å². The summed E-state index contributed by atoms with van der Waals surface area (Å²) in [6, 6.07) is 7.22. The maximum Gasteiger partial charge on any atom is 0.277 e. The average molecular weight is 427 g/mol. The second-order valence-electron chi connectivity index (χ2n) is 9.23. The van der Waals surface area contributed by atoms with Gasteiger partial charge in [0.2, 0.25) is 0 Å². The van der Waals surface area contributed by atoms with Gasteiger partial charge in [0.05, 0.1) is 11.2 Å². The number of carbonyl (C=O) groups excluding carboxylic acids is 2. The predicted octanol–water partition coefficient (Wildman–Crippen LogP) is 4.11. The quantitative estimate of drug-likeness (QED) is 0.613. The lowest BCUT2D eigenvalue weighted by molar-refractivity contribution is -0.128. The molecular weight excluding hydrogens is 396 g/mol. The van der Waals surface area contributed by atoms with E-state index in [-0.39, 0.29) is 28.7 Å². The molecular formula is C21H30O5S2. The Balaban J connectivity index is 1.80. The van der Waals surface area contributed by atoms with Gasteiger partial charge in [-0.15, -0.1) is 10.3 Å². The maximum absolute atomic E-state index is 13.0. The molecule has 2 atom stereocenters. The van der Waals surface area contributed by atoms with Crippen LogP contribution < -0.4 is 0 Å². The molecule has 28 heavy (non-hydrogen) atoms. The second-order valence-corrected chi connectivity index (χ2v) is 14.3. The average Bonchev–Trinajstić information content (AvgIpc) is 2.87. The van der Waals surface area contributed by atoms with Crippen molar-refractivity contribution in [3.8, 4) is 0 Å². The van der Waals surface area contributed by atoms with E-state index in [1.807, 2.05) is 26.0 Å². The molecule has 1 aromatic rings. The van der Waals surface area contributed by atoms with Gasteiger partial charge in [-0.05, 0) is 49.2 Å². The number of hydrogen-bond acceptors (Lipinski definition) is 5. The van der Waals surface area contributed by atoms with Crippen LogP contribution >= 0.6 is 10.3 Å². The largest absolute Gasteiger partial charge is 0.299 e. The highest BCUT2D eigenvalue weighted by atomic mass is 32.3. The standard InChI is InChI=1S/C21H30O5S2/c1-15(22)18-9-7-6-8-16(18)13-27(4,5)26-28(24,25)14-21-11-10-17(12-19(21)23)20(21,2)3/h6-9,17H,10-14H2,1-5H3. The van der Waals surface area contributed by atoms with Crippen molar-refractivity contribution in [2.24, 2.45) is 16.7 Å². The number of fused-ring (bicyclic) bond motifs is 2. The third-order valence-corrected chi connectivity index (χ3v) is 10.9. The van der Waals surface area contributed by atoms with Crippen molar-refractivity contribution in [2.45, 2.75) is 45.8 Å². The van der Waals surface area contributed by atoms with E-state index in [2.05, 4.69) is 0 Å². The maximum atomic E-state index is 13.0. The van der Waals surface area contributed by atoms with Crippen LogP contribution in [0.3, 0.4) is 0 Å². The molecule has 3 rings (SSSR count). The normalized spacial score (nSPS) is 27.2. The minimum absolute atomic E-state index is 0.0529. The Hall–Kier alpha value is -1.18. The molecule has 0 amide bonds. The van der Waals surface area contributed by atoms with Crippen LogP contribution in [-0.2, 0) is 24.3 Å². The van der Waals surface area contributed by atoms with Crippen LogP contribution in [0.1, 0.15) is 56.0 Å². The van der Waals surface area contributed by atoms with Crippen molar-refractivity contribution >= 4 is 32.0 Å². The summed E-state index contributed by atoms with van der Waals surface area (Å²) in [6.07, 6.45) is 5.58. The molecule has 5 nitrogen and oxygen atoms in total. The predicted molar refractivity (Wildman–Crippen MR) is 113 cm³/mol. The summed E-state index contributed by atoms with van der Waals surface area (Å²) in [6.45, 7) is 5.54. The molecule has 2 fully saturated rings.